The molecule has 2 nitrogen and oxygen atoms in total. The zero-order valence-electron chi connectivity index (χ0n) is 12.7. The number of likely N-dealkylation sites (N-methyl/N-ethyl adjacent to an activating group) is 1. The Labute approximate surface area is 114 Å². The van der Waals surface area contributed by atoms with E-state index in [0.29, 0.717) is 6.04 Å². The van der Waals surface area contributed by atoms with Crippen molar-refractivity contribution in [3.8, 4) is 0 Å². The molecule has 0 aliphatic heterocycles. The van der Waals surface area contributed by atoms with Crippen molar-refractivity contribution in [2.24, 2.45) is 5.73 Å². The molecule has 0 spiro atoms. The third kappa shape index (κ3) is 5.71. The monoisotopic (exact) mass is 254 g/mol. The van der Waals surface area contributed by atoms with E-state index in [1.807, 2.05) is 0 Å². The Kier molecular flexibility index (Phi) is 8.70. The van der Waals surface area contributed by atoms with E-state index in [2.05, 4.69) is 18.9 Å². The largest absolute Gasteiger partial charge is 0.329 e. The summed E-state index contributed by atoms with van der Waals surface area (Å²) in [5.74, 6) is 0. The maximum atomic E-state index is 5.99. The summed E-state index contributed by atoms with van der Waals surface area (Å²) in [6, 6.07) is 1.41. The first-order chi connectivity index (χ1) is 8.79. The van der Waals surface area contributed by atoms with Gasteiger partial charge in [0.1, 0.15) is 0 Å². The lowest BCUT2D eigenvalue weighted by Gasteiger charge is -2.34. The molecule has 0 saturated heterocycles. The number of nitrogens with two attached hydrogens (primary N) is 1. The van der Waals surface area contributed by atoms with E-state index in [-0.39, 0.29) is 0 Å². The van der Waals surface area contributed by atoms with Gasteiger partial charge in [0, 0.05) is 18.6 Å². The highest BCUT2D eigenvalue weighted by molar-refractivity contribution is 4.79. The summed E-state index contributed by atoms with van der Waals surface area (Å²) in [6.07, 6.45) is 15.2. The SMILES string of the molecule is CCCCCCC(CN)N(C)C1CCCCCC1. The highest BCUT2D eigenvalue weighted by Crippen LogP contribution is 2.23. The van der Waals surface area contributed by atoms with Gasteiger partial charge in [-0.2, -0.15) is 0 Å². The summed E-state index contributed by atoms with van der Waals surface area (Å²) < 4.78 is 0. The first-order valence-corrected chi connectivity index (χ1v) is 8.21. The predicted molar refractivity (Wildman–Crippen MR) is 80.9 cm³/mol. The maximum Gasteiger partial charge on any atom is 0.0218 e. The molecule has 1 fully saturated rings. The molecule has 1 aliphatic rings. The standard InChI is InChI=1S/C16H34N2/c1-3-4-5-8-13-16(14-17)18(2)15-11-9-6-7-10-12-15/h15-16H,3-14,17H2,1-2H3. The van der Waals surface area contributed by atoms with E-state index >= 15 is 0 Å². The molecule has 0 aromatic rings. The van der Waals surface area contributed by atoms with Crippen molar-refractivity contribution in [2.75, 3.05) is 13.6 Å². The molecule has 0 aromatic carbocycles. The van der Waals surface area contributed by atoms with Gasteiger partial charge in [0.2, 0.25) is 0 Å². The van der Waals surface area contributed by atoms with Crippen LogP contribution in [0, 0.1) is 0 Å². The normalized spacial score (nSPS) is 20.0. The summed E-state index contributed by atoms with van der Waals surface area (Å²) in [5.41, 5.74) is 5.99. The van der Waals surface area contributed by atoms with Crippen LogP contribution in [0.25, 0.3) is 0 Å². The fraction of sp³-hybridized carbons (Fsp3) is 1.00. The molecular formula is C16H34N2. The highest BCUT2D eigenvalue weighted by atomic mass is 15.2. The molecule has 0 radical (unpaired) electrons. The summed E-state index contributed by atoms with van der Waals surface area (Å²) in [6.45, 7) is 3.11. The minimum absolute atomic E-state index is 0.616. The van der Waals surface area contributed by atoms with Crippen LogP contribution in [-0.2, 0) is 0 Å². The molecule has 0 heterocycles. The van der Waals surface area contributed by atoms with Crippen LogP contribution >= 0.6 is 0 Å². The fourth-order valence-corrected chi connectivity index (χ4v) is 3.26. The number of hydrogen-bond acceptors (Lipinski definition) is 2. The van der Waals surface area contributed by atoms with Crippen molar-refractivity contribution in [1.82, 2.24) is 4.90 Å². The Hall–Kier alpha value is -0.0800. The van der Waals surface area contributed by atoms with Crippen LogP contribution in [0.3, 0.4) is 0 Å². The zero-order chi connectivity index (χ0) is 13.2. The number of unbranched alkanes of at least 4 members (excludes halogenated alkanes) is 3. The second-order valence-electron chi connectivity index (χ2n) is 6.05. The van der Waals surface area contributed by atoms with Crippen LogP contribution in [0.5, 0.6) is 0 Å². The summed E-state index contributed by atoms with van der Waals surface area (Å²) >= 11 is 0. The van der Waals surface area contributed by atoms with Crippen LogP contribution in [0.4, 0.5) is 0 Å². The van der Waals surface area contributed by atoms with Gasteiger partial charge in [-0.1, -0.05) is 58.3 Å². The van der Waals surface area contributed by atoms with E-state index in [4.69, 9.17) is 5.73 Å². The van der Waals surface area contributed by atoms with Crippen molar-refractivity contribution in [3.63, 3.8) is 0 Å². The molecule has 108 valence electrons. The molecule has 18 heavy (non-hydrogen) atoms. The van der Waals surface area contributed by atoms with Gasteiger partial charge in [-0.15, -0.1) is 0 Å². The Morgan fingerprint density at radius 2 is 1.72 bits per heavy atom. The van der Waals surface area contributed by atoms with Crippen molar-refractivity contribution >= 4 is 0 Å². The molecule has 2 heteroatoms. The summed E-state index contributed by atoms with van der Waals surface area (Å²) in [4.78, 5) is 2.61. The summed E-state index contributed by atoms with van der Waals surface area (Å²) in [7, 11) is 2.31. The number of hydrogen-bond donors (Lipinski definition) is 1. The van der Waals surface area contributed by atoms with Gasteiger partial charge in [-0.3, -0.25) is 4.90 Å². The Balaban J connectivity index is 2.32. The molecule has 1 aliphatic carbocycles. The number of nitrogens with zero attached hydrogens (tertiary/aromatic N) is 1. The van der Waals surface area contributed by atoms with E-state index in [1.54, 1.807) is 0 Å². The predicted octanol–water partition coefficient (Wildman–Crippen LogP) is 3.94. The first-order valence-electron chi connectivity index (χ1n) is 8.21. The van der Waals surface area contributed by atoms with Gasteiger partial charge in [-0.25, -0.2) is 0 Å². The number of rotatable bonds is 8. The zero-order valence-corrected chi connectivity index (χ0v) is 12.7. The Bertz CT molecular complexity index is 186. The molecule has 1 atom stereocenters. The van der Waals surface area contributed by atoms with Gasteiger partial charge >= 0.3 is 0 Å². The third-order valence-electron chi connectivity index (χ3n) is 4.64. The van der Waals surface area contributed by atoms with Gasteiger partial charge in [0.15, 0.2) is 0 Å². The van der Waals surface area contributed by atoms with Crippen LogP contribution < -0.4 is 5.73 Å². The highest BCUT2D eigenvalue weighted by Gasteiger charge is 2.22. The second-order valence-corrected chi connectivity index (χ2v) is 6.05. The molecular weight excluding hydrogens is 220 g/mol. The summed E-state index contributed by atoms with van der Waals surface area (Å²) in [5, 5.41) is 0. The van der Waals surface area contributed by atoms with Gasteiger partial charge < -0.3 is 5.73 Å². The van der Waals surface area contributed by atoms with Crippen LogP contribution in [0.2, 0.25) is 0 Å². The molecule has 1 unspecified atom stereocenters. The average Bonchev–Trinajstić information content (AvgIpc) is 2.67. The minimum atomic E-state index is 0.616. The molecule has 1 rings (SSSR count). The van der Waals surface area contributed by atoms with Crippen LogP contribution in [-0.4, -0.2) is 30.6 Å². The lowest BCUT2D eigenvalue weighted by molar-refractivity contribution is 0.151. The minimum Gasteiger partial charge on any atom is -0.329 e. The van der Waals surface area contributed by atoms with Crippen LogP contribution in [0.15, 0.2) is 0 Å². The van der Waals surface area contributed by atoms with Gasteiger partial charge in [0.05, 0.1) is 0 Å². The van der Waals surface area contributed by atoms with E-state index in [0.717, 1.165) is 12.6 Å². The van der Waals surface area contributed by atoms with Crippen LogP contribution in [0.1, 0.15) is 77.6 Å². The van der Waals surface area contributed by atoms with Crippen molar-refractivity contribution < 1.29 is 0 Å². The lowest BCUT2D eigenvalue weighted by Crippen LogP contribution is -2.44. The third-order valence-corrected chi connectivity index (χ3v) is 4.64. The van der Waals surface area contributed by atoms with E-state index < -0.39 is 0 Å². The van der Waals surface area contributed by atoms with E-state index in [1.165, 1.54) is 70.6 Å². The fourth-order valence-electron chi connectivity index (χ4n) is 3.26. The molecule has 0 bridgehead atoms. The lowest BCUT2D eigenvalue weighted by atomic mass is 10.0. The smallest absolute Gasteiger partial charge is 0.0218 e. The molecule has 2 N–H and O–H groups in total. The first kappa shape index (κ1) is 16.0. The van der Waals surface area contributed by atoms with Crippen molar-refractivity contribution in [3.05, 3.63) is 0 Å². The topological polar surface area (TPSA) is 29.3 Å². The van der Waals surface area contributed by atoms with Crippen molar-refractivity contribution in [2.45, 2.75) is 89.6 Å². The molecule has 0 aromatic heterocycles. The van der Waals surface area contributed by atoms with E-state index in [9.17, 15) is 0 Å². The molecule has 0 amide bonds. The Morgan fingerprint density at radius 3 is 2.28 bits per heavy atom. The average molecular weight is 254 g/mol. The van der Waals surface area contributed by atoms with Gasteiger partial charge in [-0.05, 0) is 26.3 Å². The maximum absolute atomic E-state index is 5.99. The molecule has 1 saturated carbocycles. The van der Waals surface area contributed by atoms with Crippen molar-refractivity contribution in [1.29, 1.82) is 0 Å². The quantitative estimate of drug-likeness (QED) is 0.525. The van der Waals surface area contributed by atoms with Gasteiger partial charge in [0.25, 0.3) is 0 Å². The second kappa shape index (κ2) is 9.80. The Morgan fingerprint density at radius 1 is 1.06 bits per heavy atom.